The van der Waals surface area contributed by atoms with Crippen LogP contribution in [0.1, 0.15) is 48.3 Å². The molecule has 0 aromatic carbocycles. The first-order chi connectivity index (χ1) is 9.80. The lowest BCUT2D eigenvalue weighted by atomic mass is 9.77. The molecular weight excluding hydrogens is 266 g/mol. The van der Waals surface area contributed by atoms with Crippen LogP contribution in [0.2, 0.25) is 0 Å². The molecule has 1 aromatic rings. The van der Waals surface area contributed by atoms with Crippen LogP contribution in [0.4, 0.5) is 0 Å². The quantitative estimate of drug-likeness (QED) is 0.845. The Kier molecular flexibility index (Phi) is 4.45. The predicted octanol–water partition coefficient (Wildman–Crippen LogP) is 3.25. The van der Waals surface area contributed by atoms with Gasteiger partial charge in [-0.2, -0.15) is 0 Å². The van der Waals surface area contributed by atoms with E-state index in [1.54, 1.807) is 11.3 Å². The highest BCUT2D eigenvalue weighted by atomic mass is 32.1. The van der Waals surface area contributed by atoms with E-state index in [2.05, 4.69) is 28.9 Å². The van der Waals surface area contributed by atoms with E-state index in [0.717, 1.165) is 11.4 Å². The van der Waals surface area contributed by atoms with Crippen molar-refractivity contribution in [3.63, 3.8) is 0 Å². The molecule has 1 aliphatic carbocycles. The van der Waals surface area contributed by atoms with E-state index in [1.165, 1.54) is 56.5 Å². The third-order valence-electron chi connectivity index (χ3n) is 4.91. The minimum absolute atomic E-state index is 0.0541. The van der Waals surface area contributed by atoms with E-state index in [0.29, 0.717) is 5.41 Å². The Bertz CT molecular complexity index is 495. The lowest BCUT2D eigenvalue weighted by Crippen LogP contribution is -2.38. The van der Waals surface area contributed by atoms with Gasteiger partial charge in [-0.25, -0.2) is 0 Å². The molecule has 3 rings (SSSR count). The van der Waals surface area contributed by atoms with Crippen LogP contribution in [0.3, 0.4) is 0 Å². The van der Waals surface area contributed by atoms with Crippen LogP contribution in [0, 0.1) is 17.3 Å². The molecule has 2 heterocycles. The van der Waals surface area contributed by atoms with Gasteiger partial charge in [-0.05, 0) is 56.3 Å². The van der Waals surface area contributed by atoms with Gasteiger partial charge in [0.05, 0.1) is 4.88 Å². The summed E-state index contributed by atoms with van der Waals surface area (Å²) in [6.07, 6.45) is 8.65. The summed E-state index contributed by atoms with van der Waals surface area (Å²) in [4.78, 5) is 5.06. The zero-order valence-corrected chi connectivity index (χ0v) is 12.8. The number of rotatable bonds is 2. The summed E-state index contributed by atoms with van der Waals surface area (Å²) >= 11 is 1.76. The summed E-state index contributed by atoms with van der Waals surface area (Å²) < 4.78 is 0. The normalized spacial score (nSPS) is 21.9. The largest absolute Gasteiger partial charge is 0.384 e. The van der Waals surface area contributed by atoms with Crippen LogP contribution in [0.25, 0.3) is 0 Å². The standard InChI is InChI=1S/C17H23NOS/c19-13-3-4-15-5-6-16(20-15)14-18-11-9-17(10-12-18)7-1-2-8-17/h5-6,19H,1-2,7-14H2. The third kappa shape index (κ3) is 3.25. The lowest BCUT2D eigenvalue weighted by molar-refractivity contribution is 0.104. The number of nitrogens with zero attached hydrogens (tertiary/aromatic N) is 1. The number of likely N-dealkylation sites (tertiary alicyclic amines) is 1. The summed E-state index contributed by atoms with van der Waals surface area (Å²) in [6.45, 7) is 3.54. The molecule has 1 spiro atoms. The van der Waals surface area contributed by atoms with Gasteiger partial charge in [-0.15, -0.1) is 11.3 Å². The Hall–Kier alpha value is -0.820. The monoisotopic (exact) mass is 289 g/mol. The van der Waals surface area contributed by atoms with Crippen LogP contribution in [-0.4, -0.2) is 29.7 Å². The van der Waals surface area contributed by atoms with E-state index in [9.17, 15) is 0 Å². The van der Waals surface area contributed by atoms with Gasteiger partial charge < -0.3 is 5.11 Å². The average Bonchev–Trinajstić information content (AvgIpc) is 3.09. The highest BCUT2D eigenvalue weighted by Gasteiger charge is 2.36. The molecule has 2 nitrogen and oxygen atoms in total. The van der Waals surface area contributed by atoms with E-state index >= 15 is 0 Å². The molecule has 3 heteroatoms. The maximum Gasteiger partial charge on any atom is 0.104 e. The van der Waals surface area contributed by atoms with Crippen molar-refractivity contribution in [2.45, 2.75) is 45.1 Å². The number of piperidine rings is 1. The maximum atomic E-state index is 8.72. The third-order valence-corrected chi connectivity index (χ3v) is 5.90. The van der Waals surface area contributed by atoms with Gasteiger partial charge in [0, 0.05) is 11.4 Å². The first-order valence-electron chi connectivity index (χ1n) is 7.71. The zero-order valence-electron chi connectivity index (χ0n) is 12.0. The van der Waals surface area contributed by atoms with Crippen molar-refractivity contribution in [2.24, 2.45) is 5.41 Å². The zero-order chi connectivity index (χ0) is 13.8. The number of aliphatic hydroxyl groups excluding tert-OH is 1. The summed E-state index contributed by atoms with van der Waals surface area (Å²) in [7, 11) is 0. The van der Waals surface area contributed by atoms with Gasteiger partial charge in [-0.1, -0.05) is 24.7 Å². The fraction of sp³-hybridized carbons (Fsp3) is 0.647. The average molecular weight is 289 g/mol. The van der Waals surface area contributed by atoms with Gasteiger partial charge in [0.25, 0.3) is 0 Å². The van der Waals surface area contributed by atoms with Crippen molar-refractivity contribution >= 4 is 11.3 Å². The second-order valence-corrected chi connectivity index (χ2v) is 7.38. The molecule has 0 bridgehead atoms. The van der Waals surface area contributed by atoms with Crippen molar-refractivity contribution in [1.82, 2.24) is 4.90 Å². The van der Waals surface area contributed by atoms with E-state index in [1.807, 2.05) is 0 Å². The maximum absolute atomic E-state index is 8.72. The molecule has 1 saturated carbocycles. The van der Waals surface area contributed by atoms with Crippen molar-refractivity contribution in [3.05, 3.63) is 21.9 Å². The molecule has 108 valence electrons. The van der Waals surface area contributed by atoms with Crippen molar-refractivity contribution in [3.8, 4) is 11.8 Å². The number of aliphatic hydroxyl groups is 1. The van der Waals surface area contributed by atoms with E-state index in [4.69, 9.17) is 5.11 Å². The number of hydrogen-bond donors (Lipinski definition) is 1. The highest BCUT2D eigenvalue weighted by molar-refractivity contribution is 7.12. The van der Waals surface area contributed by atoms with Crippen molar-refractivity contribution in [1.29, 1.82) is 0 Å². The summed E-state index contributed by atoms with van der Waals surface area (Å²) in [6, 6.07) is 4.26. The molecule has 0 unspecified atom stereocenters. The predicted molar refractivity (Wildman–Crippen MR) is 83.7 cm³/mol. The highest BCUT2D eigenvalue weighted by Crippen LogP contribution is 2.46. The molecule has 20 heavy (non-hydrogen) atoms. The molecule has 1 saturated heterocycles. The van der Waals surface area contributed by atoms with Gasteiger partial charge >= 0.3 is 0 Å². The second kappa shape index (κ2) is 6.30. The number of thiophene rings is 1. The van der Waals surface area contributed by atoms with Gasteiger partial charge in [-0.3, -0.25) is 4.90 Å². The molecule has 1 N–H and O–H groups in total. The van der Waals surface area contributed by atoms with Crippen LogP contribution < -0.4 is 0 Å². The molecule has 0 radical (unpaired) electrons. The Labute approximate surface area is 125 Å². The topological polar surface area (TPSA) is 23.5 Å². The summed E-state index contributed by atoms with van der Waals surface area (Å²) in [5.41, 5.74) is 0.712. The number of hydrogen-bond acceptors (Lipinski definition) is 3. The summed E-state index contributed by atoms with van der Waals surface area (Å²) in [5.74, 6) is 5.71. The van der Waals surface area contributed by atoms with E-state index < -0.39 is 0 Å². The SMILES string of the molecule is OCC#Cc1ccc(CN2CCC3(CCCC3)CC2)s1. The molecule has 1 aromatic heterocycles. The Morgan fingerprint density at radius 3 is 2.60 bits per heavy atom. The minimum atomic E-state index is -0.0541. The van der Waals surface area contributed by atoms with Gasteiger partial charge in [0.1, 0.15) is 6.61 Å². The van der Waals surface area contributed by atoms with Crippen LogP contribution in [0.5, 0.6) is 0 Å². The Morgan fingerprint density at radius 1 is 1.15 bits per heavy atom. The van der Waals surface area contributed by atoms with Gasteiger partial charge in [0.15, 0.2) is 0 Å². The minimum Gasteiger partial charge on any atom is -0.384 e. The Morgan fingerprint density at radius 2 is 1.90 bits per heavy atom. The smallest absolute Gasteiger partial charge is 0.104 e. The van der Waals surface area contributed by atoms with Gasteiger partial charge in [0.2, 0.25) is 0 Å². The molecule has 0 atom stereocenters. The van der Waals surface area contributed by atoms with E-state index in [-0.39, 0.29) is 6.61 Å². The molecule has 2 aliphatic rings. The lowest BCUT2D eigenvalue weighted by Gasteiger charge is -2.39. The first kappa shape index (κ1) is 14.1. The second-order valence-electron chi connectivity index (χ2n) is 6.21. The first-order valence-corrected chi connectivity index (χ1v) is 8.52. The fourth-order valence-electron chi connectivity index (χ4n) is 3.69. The van der Waals surface area contributed by atoms with Crippen LogP contribution in [-0.2, 0) is 6.54 Å². The summed E-state index contributed by atoms with van der Waals surface area (Å²) in [5, 5.41) is 8.72. The Balaban J connectivity index is 1.53. The molecule has 2 fully saturated rings. The fourth-order valence-corrected chi connectivity index (χ4v) is 4.61. The van der Waals surface area contributed by atoms with Crippen LogP contribution in [0.15, 0.2) is 12.1 Å². The molecule has 0 amide bonds. The van der Waals surface area contributed by atoms with Crippen LogP contribution >= 0.6 is 11.3 Å². The molecule has 1 aliphatic heterocycles. The van der Waals surface area contributed by atoms with Crippen molar-refractivity contribution in [2.75, 3.05) is 19.7 Å². The molecular formula is C17H23NOS. The van der Waals surface area contributed by atoms with Crippen molar-refractivity contribution < 1.29 is 5.11 Å².